The van der Waals surface area contributed by atoms with Crippen molar-refractivity contribution in [2.24, 2.45) is 0 Å². The highest BCUT2D eigenvalue weighted by atomic mass is 32.2. The molecule has 1 aromatic carbocycles. The number of hydrogen-bond donors (Lipinski definition) is 1. The third-order valence-corrected chi connectivity index (χ3v) is 5.70. The minimum absolute atomic E-state index is 0.0855. The van der Waals surface area contributed by atoms with Gasteiger partial charge in [-0.25, -0.2) is 8.42 Å². The predicted molar refractivity (Wildman–Crippen MR) is 102 cm³/mol. The van der Waals surface area contributed by atoms with E-state index in [1.807, 2.05) is 18.2 Å². The molecule has 0 saturated heterocycles. The van der Waals surface area contributed by atoms with Gasteiger partial charge in [-0.15, -0.1) is 0 Å². The molecule has 0 atom stereocenters. The fraction of sp³-hybridized carbons (Fsp3) is 0.150. The molecular formula is C20H19N3O3S. The molecule has 0 aliphatic carbocycles. The molecular weight excluding hydrogens is 362 g/mol. The van der Waals surface area contributed by atoms with Gasteiger partial charge in [-0.1, -0.05) is 18.2 Å². The van der Waals surface area contributed by atoms with Crippen LogP contribution in [-0.2, 0) is 21.2 Å². The Bertz CT molecular complexity index is 1010. The van der Waals surface area contributed by atoms with Crippen LogP contribution < -0.4 is 5.32 Å². The molecule has 0 radical (unpaired) electrons. The lowest BCUT2D eigenvalue weighted by Gasteiger charge is -2.08. The van der Waals surface area contributed by atoms with Crippen molar-refractivity contribution in [3.05, 3.63) is 78.8 Å². The Morgan fingerprint density at radius 1 is 1.00 bits per heavy atom. The molecule has 3 aromatic rings. The zero-order valence-corrected chi connectivity index (χ0v) is 15.4. The van der Waals surface area contributed by atoms with Gasteiger partial charge in [0.15, 0.2) is 9.84 Å². The Balaban J connectivity index is 1.55. The molecule has 0 aliphatic heterocycles. The number of carbonyl (C=O) groups is 1. The van der Waals surface area contributed by atoms with E-state index >= 15 is 0 Å². The van der Waals surface area contributed by atoms with E-state index in [9.17, 15) is 13.2 Å². The maximum atomic E-state index is 12.2. The summed E-state index contributed by atoms with van der Waals surface area (Å²) in [6.07, 6.45) is 5.00. The van der Waals surface area contributed by atoms with Crippen molar-refractivity contribution >= 4 is 15.7 Å². The summed E-state index contributed by atoms with van der Waals surface area (Å²) in [5.41, 5.74) is 2.53. The van der Waals surface area contributed by atoms with Gasteiger partial charge < -0.3 is 5.32 Å². The number of rotatable bonds is 7. The molecule has 0 fully saturated rings. The Kier molecular flexibility index (Phi) is 5.93. The van der Waals surface area contributed by atoms with Crippen LogP contribution in [0.5, 0.6) is 0 Å². The van der Waals surface area contributed by atoms with Gasteiger partial charge in [0.1, 0.15) is 0 Å². The van der Waals surface area contributed by atoms with Gasteiger partial charge in [0.2, 0.25) is 5.91 Å². The van der Waals surface area contributed by atoms with Crippen LogP contribution in [0.3, 0.4) is 0 Å². The summed E-state index contributed by atoms with van der Waals surface area (Å²) in [6, 6.07) is 15.6. The Hall–Kier alpha value is -3.06. The maximum Gasteiger partial charge on any atom is 0.221 e. The summed E-state index contributed by atoms with van der Waals surface area (Å²) >= 11 is 0. The molecule has 6 nitrogen and oxygen atoms in total. The van der Waals surface area contributed by atoms with Crippen LogP contribution in [0.25, 0.3) is 11.3 Å². The van der Waals surface area contributed by atoms with E-state index in [1.165, 1.54) is 12.1 Å². The van der Waals surface area contributed by atoms with E-state index in [-0.39, 0.29) is 23.0 Å². The lowest BCUT2D eigenvalue weighted by atomic mass is 10.1. The van der Waals surface area contributed by atoms with E-state index in [0.717, 1.165) is 16.8 Å². The van der Waals surface area contributed by atoms with E-state index in [1.54, 1.807) is 42.9 Å². The van der Waals surface area contributed by atoms with Crippen LogP contribution >= 0.6 is 0 Å². The second-order valence-electron chi connectivity index (χ2n) is 5.95. The highest BCUT2D eigenvalue weighted by Crippen LogP contribution is 2.16. The first-order valence-electron chi connectivity index (χ1n) is 8.44. The van der Waals surface area contributed by atoms with Crippen LogP contribution in [-0.4, -0.2) is 30.0 Å². The van der Waals surface area contributed by atoms with Gasteiger partial charge >= 0.3 is 0 Å². The lowest BCUT2D eigenvalue weighted by molar-refractivity contribution is -0.120. The molecule has 0 unspecified atom stereocenters. The Labute approximate surface area is 158 Å². The highest BCUT2D eigenvalue weighted by Gasteiger charge is 2.16. The average molecular weight is 381 g/mol. The van der Waals surface area contributed by atoms with Crippen molar-refractivity contribution < 1.29 is 13.2 Å². The minimum Gasteiger partial charge on any atom is -0.352 e. The molecule has 0 aliphatic rings. The molecule has 2 aromatic heterocycles. The van der Waals surface area contributed by atoms with Gasteiger partial charge in [-0.2, -0.15) is 0 Å². The summed E-state index contributed by atoms with van der Waals surface area (Å²) in [5.74, 6) is -0.533. The van der Waals surface area contributed by atoms with Crippen LogP contribution in [0, 0.1) is 0 Å². The van der Waals surface area contributed by atoms with Crippen molar-refractivity contribution in [3.8, 4) is 11.3 Å². The largest absolute Gasteiger partial charge is 0.352 e. The number of carbonyl (C=O) groups excluding carboxylic acids is 1. The number of pyridine rings is 2. The van der Waals surface area contributed by atoms with E-state index in [2.05, 4.69) is 15.3 Å². The zero-order valence-electron chi connectivity index (χ0n) is 14.6. The molecule has 1 amide bonds. The van der Waals surface area contributed by atoms with Crippen LogP contribution in [0.2, 0.25) is 0 Å². The quantitative estimate of drug-likeness (QED) is 0.680. The molecule has 0 spiro atoms. The monoisotopic (exact) mass is 381 g/mol. The first kappa shape index (κ1) is 18.7. The van der Waals surface area contributed by atoms with Crippen molar-refractivity contribution in [2.45, 2.75) is 17.9 Å². The molecule has 3 rings (SSSR count). The lowest BCUT2D eigenvalue weighted by Crippen LogP contribution is -2.25. The number of nitrogens with zero attached hydrogens (tertiary/aromatic N) is 2. The third kappa shape index (κ3) is 5.21. The Morgan fingerprint density at radius 3 is 2.56 bits per heavy atom. The molecule has 2 heterocycles. The second-order valence-corrected chi connectivity index (χ2v) is 8.06. The fourth-order valence-electron chi connectivity index (χ4n) is 2.52. The molecule has 0 saturated carbocycles. The number of nitrogens with one attached hydrogen (secondary N) is 1. The number of sulfone groups is 1. The molecule has 1 N–H and O–H groups in total. The van der Waals surface area contributed by atoms with Gasteiger partial charge in [0.05, 0.1) is 16.3 Å². The number of benzene rings is 1. The van der Waals surface area contributed by atoms with Gasteiger partial charge in [0, 0.05) is 37.1 Å². The summed E-state index contributed by atoms with van der Waals surface area (Å²) in [4.78, 5) is 20.7. The first-order valence-corrected chi connectivity index (χ1v) is 10.1. The normalized spacial score (nSPS) is 11.1. The van der Waals surface area contributed by atoms with Gasteiger partial charge in [-0.05, 0) is 42.0 Å². The van der Waals surface area contributed by atoms with E-state index in [4.69, 9.17) is 0 Å². The highest BCUT2D eigenvalue weighted by molar-refractivity contribution is 7.91. The Morgan fingerprint density at radius 2 is 1.81 bits per heavy atom. The van der Waals surface area contributed by atoms with Crippen molar-refractivity contribution in [1.82, 2.24) is 15.3 Å². The zero-order chi connectivity index (χ0) is 19.1. The van der Waals surface area contributed by atoms with E-state index in [0.29, 0.717) is 6.54 Å². The summed E-state index contributed by atoms with van der Waals surface area (Å²) in [6.45, 7) is 0.306. The number of amides is 1. The summed E-state index contributed by atoms with van der Waals surface area (Å²) < 4.78 is 24.4. The van der Waals surface area contributed by atoms with Gasteiger partial charge in [-0.3, -0.25) is 14.8 Å². The number of hydrogen-bond acceptors (Lipinski definition) is 5. The van der Waals surface area contributed by atoms with Gasteiger partial charge in [0.25, 0.3) is 0 Å². The minimum atomic E-state index is -3.46. The molecule has 7 heteroatoms. The summed E-state index contributed by atoms with van der Waals surface area (Å²) in [7, 11) is -3.46. The first-order chi connectivity index (χ1) is 13.0. The van der Waals surface area contributed by atoms with Crippen molar-refractivity contribution in [3.63, 3.8) is 0 Å². The van der Waals surface area contributed by atoms with Crippen molar-refractivity contribution in [1.29, 1.82) is 0 Å². The smallest absolute Gasteiger partial charge is 0.221 e. The average Bonchev–Trinajstić information content (AvgIpc) is 2.72. The SMILES string of the molecule is O=C(CCS(=O)(=O)c1ccccc1)NCc1ccnc(-c2cccnc2)c1. The van der Waals surface area contributed by atoms with Crippen LogP contribution in [0.1, 0.15) is 12.0 Å². The molecule has 0 bridgehead atoms. The molecule has 138 valence electrons. The standard InChI is InChI=1S/C20H19N3O3S/c24-20(9-12-27(25,26)18-6-2-1-3-7-18)23-14-16-8-11-22-19(13-16)17-5-4-10-21-15-17/h1-8,10-11,13,15H,9,12,14H2,(H,23,24). The van der Waals surface area contributed by atoms with Crippen LogP contribution in [0.15, 0.2) is 78.1 Å². The maximum absolute atomic E-state index is 12.2. The number of aromatic nitrogens is 2. The third-order valence-electron chi connectivity index (χ3n) is 3.97. The summed E-state index contributed by atoms with van der Waals surface area (Å²) in [5, 5.41) is 2.75. The second kappa shape index (κ2) is 8.55. The fourth-order valence-corrected chi connectivity index (χ4v) is 3.78. The van der Waals surface area contributed by atoms with E-state index < -0.39 is 9.84 Å². The van der Waals surface area contributed by atoms with Crippen LogP contribution in [0.4, 0.5) is 0 Å². The predicted octanol–water partition coefficient (Wildman–Crippen LogP) is 2.62. The van der Waals surface area contributed by atoms with Crippen molar-refractivity contribution in [2.75, 3.05) is 5.75 Å². The molecule has 27 heavy (non-hydrogen) atoms. The topological polar surface area (TPSA) is 89.0 Å².